The van der Waals surface area contributed by atoms with Crippen LogP contribution in [0.15, 0.2) is 61.3 Å². The number of ether oxygens (including phenoxy) is 2. The maximum absolute atomic E-state index is 13.5. The summed E-state index contributed by atoms with van der Waals surface area (Å²) in [6, 6.07) is 12.3. The van der Waals surface area contributed by atoms with E-state index in [1.807, 2.05) is 25.2 Å². The molecule has 9 nitrogen and oxygen atoms in total. The van der Waals surface area contributed by atoms with E-state index in [0.29, 0.717) is 35.2 Å². The fraction of sp³-hybridized carbons (Fsp3) is 0.240. The molecular weight excluding hydrogens is 501 g/mol. The summed E-state index contributed by atoms with van der Waals surface area (Å²) in [6.45, 7) is 5.06. The fourth-order valence-electron chi connectivity index (χ4n) is 3.73. The van der Waals surface area contributed by atoms with Crippen LogP contribution in [0.2, 0.25) is 5.02 Å². The molecule has 36 heavy (non-hydrogen) atoms. The number of halogens is 1. The summed E-state index contributed by atoms with van der Waals surface area (Å²) in [5.74, 6) is 0.997. The second-order valence-corrected chi connectivity index (χ2v) is 11.9. The number of rotatable bonds is 8. The van der Waals surface area contributed by atoms with Crippen molar-refractivity contribution in [2.75, 3.05) is 50.2 Å². The molecule has 0 radical (unpaired) electrons. The summed E-state index contributed by atoms with van der Waals surface area (Å²) in [4.78, 5) is 22.4. The van der Waals surface area contributed by atoms with E-state index in [2.05, 4.69) is 32.1 Å². The van der Waals surface area contributed by atoms with Gasteiger partial charge in [-0.05, 0) is 43.5 Å². The molecule has 0 bridgehead atoms. The molecule has 2 heterocycles. The number of hydrogen-bond donors (Lipinski definition) is 2. The van der Waals surface area contributed by atoms with Crippen LogP contribution in [-0.2, 0) is 9.36 Å². The van der Waals surface area contributed by atoms with E-state index in [1.165, 1.54) is 12.3 Å². The highest BCUT2D eigenvalue weighted by molar-refractivity contribution is 7.71. The largest absolute Gasteiger partial charge is 0.495 e. The Balaban J connectivity index is 1.53. The van der Waals surface area contributed by atoms with Crippen LogP contribution >= 0.6 is 18.7 Å². The van der Waals surface area contributed by atoms with Crippen LogP contribution in [0.4, 0.5) is 17.3 Å². The first-order chi connectivity index (χ1) is 17.3. The quantitative estimate of drug-likeness (QED) is 0.320. The van der Waals surface area contributed by atoms with Crippen molar-refractivity contribution in [2.45, 2.75) is 0 Å². The third-order valence-electron chi connectivity index (χ3n) is 5.80. The molecule has 4 rings (SSSR count). The van der Waals surface area contributed by atoms with Crippen LogP contribution < -0.4 is 25.4 Å². The van der Waals surface area contributed by atoms with E-state index in [9.17, 15) is 9.36 Å². The standard InChI is InChI=1S/C25H27ClN5O4P/c1-4-23(32)28-17-6-5-7-18(14-17)35-24-20(26)16-27-25(30-24)29-21-9-8-19(15-22(21)34-3)36(33)12-10-31(2)11-13-36/h4-9,14-16H,1,10-13H2,2-3H3,(H,28,32)(H,27,29,30). The van der Waals surface area contributed by atoms with Crippen LogP contribution in [0.25, 0.3) is 0 Å². The zero-order valence-corrected chi connectivity index (χ0v) is 21.7. The summed E-state index contributed by atoms with van der Waals surface area (Å²) >= 11 is 6.27. The fourth-order valence-corrected chi connectivity index (χ4v) is 6.63. The topological polar surface area (TPSA) is 106 Å². The molecule has 1 fully saturated rings. The van der Waals surface area contributed by atoms with Crippen LogP contribution in [0.1, 0.15) is 0 Å². The van der Waals surface area contributed by atoms with Crippen molar-refractivity contribution in [1.29, 1.82) is 0 Å². The lowest BCUT2D eigenvalue weighted by Crippen LogP contribution is -2.34. The number of anilines is 3. The summed E-state index contributed by atoms with van der Waals surface area (Å²) in [6.07, 6.45) is 3.91. The third kappa shape index (κ3) is 6.05. The molecule has 0 atom stereocenters. The van der Waals surface area contributed by atoms with Crippen LogP contribution in [0.3, 0.4) is 0 Å². The van der Waals surface area contributed by atoms with E-state index in [0.717, 1.165) is 18.4 Å². The lowest BCUT2D eigenvalue weighted by Gasteiger charge is -2.30. The van der Waals surface area contributed by atoms with Gasteiger partial charge in [0.2, 0.25) is 17.7 Å². The Morgan fingerprint density at radius 3 is 2.72 bits per heavy atom. The minimum atomic E-state index is -2.46. The van der Waals surface area contributed by atoms with Gasteiger partial charge in [-0.2, -0.15) is 4.98 Å². The smallest absolute Gasteiger partial charge is 0.247 e. The molecule has 1 aliphatic rings. The van der Waals surface area contributed by atoms with Gasteiger partial charge in [0.05, 0.1) is 19.0 Å². The Morgan fingerprint density at radius 2 is 2.00 bits per heavy atom. The predicted octanol–water partition coefficient (Wildman–Crippen LogP) is 4.73. The monoisotopic (exact) mass is 527 g/mol. The van der Waals surface area contributed by atoms with Gasteiger partial charge in [-0.3, -0.25) is 4.79 Å². The Kier molecular flexibility index (Phi) is 7.94. The second kappa shape index (κ2) is 11.1. The number of nitrogens with zero attached hydrogens (tertiary/aromatic N) is 3. The molecule has 11 heteroatoms. The molecule has 1 saturated heterocycles. The predicted molar refractivity (Wildman–Crippen MR) is 143 cm³/mol. The number of carbonyl (C=O) groups is 1. The van der Waals surface area contributed by atoms with Crippen molar-refractivity contribution in [3.8, 4) is 17.4 Å². The Hall–Kier alpha value is -3.39. The molecule has 0 saturated carbocycles. The molecular formula is C25H27ClN5O4P. The number of amides is 1. The van der Waals surface area contributed by atoms with E-state index in [4.69, 9.17) is 21.1 Å². The SMILES string of the molecule is C=CC(=O)Nc1cccc(Oc2nc(Nc3ccc(P4(=O)CCN(C)CC4)cc3OC)ncc2Cl)c1. The second-order valence-electron chi connectivity index (χ2n) is 8.32. The summed E-state index contributed by atoms with van der Waals surface area (Å²) in [5.41, 5.74) is 1.15. The molecule has 3 aromatic rings. The first-order valence-electron chi connectivity index (χ1n) is 11.3. The number of carbonyl (C=O) groups excluding carboxylic acids is 1. The van der Waals surface area contributed by atoms with Crippen molar-refractivity contribution in [1.82, 2.24) is 14.9 Å². The van der Waals surface area contributed by atoms with E-state index >= 15 is 0 Å². The number of aromatic nitrogens is 2. The van der Waals surface area contributed by atoms with E-state index in [-0.39, 0.29) is 22.8 Å². The Labute approximate surface area is 214 Å². The number of hydrogen-bond acceptors (Lipinski definition) is 8. The number of methoxy groups -OCH3 is 1. The van der Waals surface area contributed by atoms with Crippen molar-refractivity contribution < 1.29 is 18.8 Å². The van der Waals surface area contributed by atoms with Crippen LogP contribution in [0.5, 0.6) is 17.4 Å². The average molecular weight is 528 g/mol. The maximum atomic E-state index is 13.5. The van der Waals surface area contributed by atoms with Crippen molar-refractivity contribution in [3.05, 3.63) is 66.3 Å². The zero-order chi connectivity index (χ0) is 25.7. The number of benzene rings is 2. The van der Waals surface area contributed by atoms with Crippen LogP contribution in [0, 0.1) is 0 Å². The average Bonchev–Trinajstić information content (AvgIpc) is 2.88. The lowest BCUT2D eigenvalue weighted by atomic mass is 10.3. The molecule has 0 aliphatic carbocycles. The van der Waals surface area contributed by atoms with Gasteiger partial charge in [-0.25, -0.2) is 4.98 Å². The summed E-state index contributed by atoms with van der Waals surface area (Å²) < 4.78 is 24.9. The molecule has 1 aromatic heterocycles. The Bertz CT molecular complexity index is 1320. The van der Waals surface area contributed by atoms with Crippen LogP contribution in [-0.4, -0.2) is 60.3 Å². The Morgan fingerprint density at radius 1 is 1.22 bits per heavy atom. The zero-order valence-electron chi connectivity index (χ0n) is 20.0. The van der Waals surface area contributed by atoms with E-state index < -0.39 is 7.14 Å². The minimum Gasteiger partial charge on any atom is -0.495 e. The van der Waals surface area contributed by atoms with Gasteiger partial charge in [0.25, 0.3) is 0 Å². The molecule has 2 aromatic carbocycles. The van der Waals surface area contributed by atoms with Crippen molar-refractivity contribution >= 4 is 47.3 Å². The highest BCUT2D eigenvalue weighted by Crippen LogP contribution is 2.47. The van der Waals surface area contributed by atoms with Gasteiger partial charge in [-0.15, -0.1) is 0 Å². The summed E-state index contributed by atoms with van der Waals surface area (Å²) in [7, 11) is 1.14. The van der Waals surface area contributed by atoms with Gasteiger partial charge in [0.15, 0.2) is 0 Å². The van der Waals surface area contributed by atoms with Gasteiger partial charge in [0, 0.05) is 42.5 Å². The minimum absolute atomic E-state index is 0.132. The molecule has 1 amide bonds. The van der Waals surface area contributed by atoms with Gasteiger partial charge in [0.1, 0.15) is 23.7 Å². The lowest BCUT2D eigenvalue weighted by molar-refractivity contribution is -0.111. The van der Waals surface area contributed by atoms with E-state index in [1.54, 1.807) is 31.4 Å². The molecule has 0 unspecified atom stereocenters. The first kappa shape index (κ1) is 25.7. The highest BCUT2D eigenvalue weighted by atomic mass is 35.5. The van der Waals surface area contributed by atoms with Crippen molar-refractivity contribution in [2.24, 2.45) is 0 Å². The highest BCUT2D eigenvalue weighted by Gasteiger charge is 2.30. The molecule has 2 N–H and O–H groups in total. The van der Waals surface area contributed by atoms with Gasteiger partial charge < -0.3 is 29.6 Å². The molecule has 188 valence electrons. The first-order valence-corrected chi connectivity index (χ1v) is 13.7. The molecule has 1 aliphatic heterocycles. The third-order valence-corrected chi connectivity index (χ3v) is 9.12. The molecule has 0 spiro atoms. The maximum Gasteiger partial charge on any atom is 0.247 e. The normalized spacial score (nSPS) is 15.1. The summed E-state index contributed by atoms with van der Waals surface area (Å²) in [5, 5.41) is 6.81. The van der Waals surface area contributed by atoms with Crippen molar-refractivity contribution in [3.63, 3.8) is 0 Å². The number of nitrogens with one attached hydrogen (secondary N) is 2. The van der Waals surface area contributed by atoms with Gasteiger partial charge in [-0.1, -0.05) is 24.2 Å². The van der Waals surface area contributed by atoms with Gasteiger partial charge >= 0.3 is 0 Å².